The molecule has 0 atom stereocenters. The van der Waals surface area contributed by atoms with Gasteiger partial charge in [0.15, 0.2) is 5.96 Å². The van der Waals surface area contributed by atoms with Gasteiger partial charge < -0.3 is 15.2 Å². The Bertz CT molecular complexity index is 481. The van der Waals surface area contributed by atoms with Gasteiger partial charge >= 0.3 is 0 Å². The summed E-state index contributed by atoms with van der Waals surface area (Å²) in [4.78, 5) is 4.52. The van der Waals surface area contributed by atoms with Gasteiger partial charge in [0.25, 0.3) is 0 Å². The molecule has 0 saturated heterocycles. The molecule has 2 N–H and O–H groups in total. The van der Waals surface area contributed by atoms with E-state index >= 15 is 0 Å². The minimum atomic E-state index is -0.0357. The van der Waals surface area contributed by atoms with Crippen LogP contribution in [0, 0.1) is 0 Å². The lowest BCUT2D eigenvalue weighted by Gasteiger charge is -2.24. The SMILES string of the molecule is C=C(C)CN=C(NCCn1cnnc1CC)NC(C)(C)C. The smallest absolute Gasteiger partial charge is 0.192 e. The van der Waals surface area contributed by atoms with Crippen molar-refractivity contribution in [3.05, 3.63) is 24.3 Å². The third-order valence-corrected chi connectivity index (χ3v) is 2.66. The van der Waals surface area contributed by atoms with Crippen molar-refractivity contribution in [1.82, 2.24) is 25.4 Å². The molecule has 0 unspecified atom stereocenters. The van der Waals surface area contributed by atoms with Crippen molar-refractivity contribution in [3.8, 4) is 0 Å². The maximum atomic E-state index is 4.52. The summed E-state index contributed by atoms with van der Waals surface area (Å²) in [6, 6.07) is 0. The molecular weight excluding hydrogens is 264 g/mol. The summed E-state index contributed by atoms with van der Waals surface area (Å²) >= 11 is 0. The fourth-order valence-corrected chi connectivity index (χ4v) is 1.74. The minimum Gasteiger partial charge on any atom is -0.355 e. The Labute approximate surface area is 127 Å². The van der Waals surface area contributed by atoms with Crippen molar-refractivity contribution < 1.29 is 0 Å². The fourth-order valence-electron chi connectivity index (χ4n) is 1.74. The molecule has 1 aromatic heterocycles. The van der Waals surface area contributed by atoms with Crippen LogP contribution in [-0.4, -0.2) is 39.4 Å². The number of aromatic nitrogens is 3. The van der Waals surface area contributed by atoms with Crippen LogP contribution >= 0.6 is 0 Å². The van der Waals surface area contributed by atoms with Crippen LogP contribution < -0.4 is 10.6 Å². The standard InChI is InChI=1S/C15H28N6/c1-7-13-20-18-11-21(13)9-8-16-14(17-10-12(2)3)19-15(4,5)6/h11H,2,7-10H2,1,3-6H3,(H2,16,17,19). The Balaban J connectivity index is 2.56. The molecule has 1 rings (SSSR count). The van der Waals surface area contributed by atoms with Crippen LogP contribution in [0.1, 0.15) is 40.4 Å². The first kappa shape index (κ1) is 17.2. The molecule has 0 aromatic carbocycles. The van der Waals surface area contributed by atoms with Crippen LogP contribution in [0.25, 0.3) is 0 Å². The first-order valence-corrected chi connectivity index (χ1v) is 7.39. The van der Waals surface area contributed by atoms with Crippen LogP contribution in [0.3, 0.4) is 0 Å². The zero-order chi connectivity index (χ0) is 15.9. The summed E-state index contributed by atoms with van der Waals surface area (Å²) in [5, 5.41) is 14.7. The zero-order valence-corrected chi connectivity index (χ0v) is 13.9. The van der Waals surface area contributed by atoms with Crippen LogP contribution in [0.15, 0.2) is 23.5 Å². The van der Waals surface area contributed by atoms with Gasteiger partial charge in [-0.3, -0.25) is 0 Å². The van der Waals surface area contributed by atoms with E-state index in [1.165, 1.54) is 0 Å². The second-order valence-electron chi connectivity index (χ2n) is 6.22. The van der Waals surface area contributed by atoms with Gasteiger partial charge in [-0.05, 0) is 27.7 Å². The third kappa shape index (κ3) is 6.92. The molecule has 6 nitrogen and oxygen atoms in total. The van der Waals surface area contributed by atoms with Gasteiger partial charge in [0.05, 0.1) is 6.54 Å². The normalized spacial score (nSPS) is 12.3. The molecular formula is C15H28N6. The summed E-state index contributed by atoms with van der Waals surface area (Å²) in [5.41, 5.74) is 1.00. The summed E-state index contributed by atoms with van der Waals surface area (Å²) in [5.74, 6) is 1.80. The van der Waals surface area contributed by atoms with Gasteiger partial charge in [-0.25, -0.2) is 4.99 Å². The first-order valence-electron chi connectivity index (χ1n) is 7.39. The van der Waals surface area contributed by atoms with E-state index in [0.717, 1.165) is 36.9 Å². The summed E-state index contributed by atoms with van der Waals surface area (Å²) < 4.78 is 2.06. The highest BCUT2D eigenvalue weighted by molar-refractivity contribution is 5.80. The van der Waals surface area contributed by atoms with Crippen LogP contribution in [-0.2, 0) is 13.0 Å². The summed E-state index contributed by atoms with van der Waals surface area (Å²) in [7, 11) is 0. The average molecular weight is 292 g/mol. The predicted molar refractivity (Wildman–Crippen MR) is 87.4 cm³/mol. The number of aliphatic imine (C=N–C) groups is 1. The number of aryl methyl sites for hydroxylation is 1. The van der Waals surface area contributed by atoms with Gasteiger partial charge in [0, 0.05) is 25.0 Å². The predicted octanol–water partition coefficient (Wildman–Crippen LogP) is 1.75. The van der Waals surface area contributed by atoms with E-state index in [-0.39, 0.29) is 5.54 Å². The number of nitrogens with zero attached hydrogens (tertiary/aromatic N) is 4. The number of rotatable bonds is 6. The molecule has 0 saturated carbocycles. The molecule has 0 spiro atoms. The molecule has 21 heavy (non-hydrogen) atoms. The molecule has 0 radical (unpaired) electrons. The van der Waals surface area contributed by atoms with Crippen molar-refractivity contribution in [2.75, 3.05) is 13.1 Å². The number of hydrogen-bond acceptors (Lipinski definition) is 3. The molecule has 0 aliphatic carbocycles. The van der Waals surface area contributed by atoms with Crippen molar-refractivity contribution in [2.45, 2.75) is 53.1 Å². The lowest BCUT2D eigenvalue weighted by molar-refractivity contribution is 0.498. The van der Waals surface area contributed by atoms with E-state index in [1.807, 2.05) is 6.92 Å². The van der Waals surface area contributed by atoms with E-state index in [2.05, 4.69) is 64.7 Å². The molecule has 0 aliphatic rings. The maximum absolute atomic E-state index is 4.52. The highest BCUT2D eigenvalue weighted by Crippen LogP contribution is 1.99. The topological polar surface area (TPSA) is 67.1 Å². The number of hydrogen-bond donors (Lipinski definition) is 2. The van der Waals surface area contributed by atoms with E-state index < -0.39 is 0 Å². The number of nitrogens with one attached hydrogen (secondary N) is 2. The second-order valence-corrected chi connectivity index (χ2v) is 6.22. The van der Waals surface area contributed by atoms with Gasteiger partial charge in [-0.2, -0.15) is 0 Å². The van der Waals surface area contributed by atoms with E-state index in [4.69, 9.17) is 0 Å². The number of guanidine groups is 1. The van der Waals surface area contributed by atoms with Crippen molar-refractivity contribution in [2.24, 2.45) is 4.99 Å². The van der Waals surface area contributed by atoms with Gasteiger partial charge in [0.1, 0.15) is 12.2 Å². The monoisotopic (exact) mass is 292 g/mol. The van der Waals surface area contributed by atoms with Gasteiger partial charge in [-0.1, -0.05) is 19.1 Å². The highest BCUT2D eigenvalue weighted by atomic mass is 15.3. The molecule has 1 heterocycles. The lowest BCUT2D eigenvalue weighted by atomic mass is 10.1. The fraction of sp³-hybridized carbons (Fsp3) is 0.667. The molecule has 118 valence electrons. The first-order chi connectivity index (χ1) is 9.81. The van der Waals surface area contributed by atoms with Crippen LogP contribution in [0.2, 0.25) is 0 Å². The molecule has 0 aliphatic heterocycles. The lowest BCUT2D eigenvalue weighted by Crippen LogP contribution is -2.48. The molecule has 0 fully saturated rings. The Morgan fingerprint density at radius 3 is 2.71 bits per heavy atom. The average Bonchev–Trinajstić information content (AvgIpc) is 2.81. The third-order valence-electron chi connectivity index (χ3n) is 2.66. The Morgan fingerprint density at radius 1 is 1.43 bits per heavy atom. The Morgan fingerprint density at radius 2 is 2.14 bits per heavy atom. The zero-order valence-electron chi connectivity index (χ0n) is 13.9. The van der Waals surface area contributed by atoms with E-state index in [0.29, 0.717) is 6.54 Å². The minimum absolute atomic E-state index is 0.0357. The van der Waals surface area contributed by atoms with Crippen molar-refractivity contribution >= 4 is 5.96 Å². The molecule has 0 amide bonds. The molecule has 6 heteroatoms. The Hall–Kier alpha value is -1.85. The quantitative estimate of drug-likeness (QED) is 0.476. The summed E-state index contributed by atoms with van der Waals surface area (Å²) in [6.07, 6.45) is 2.65. The van der Waals surface area contributed by atoms with Crippen LogP contribution in [0.5, 0.6) is 0 Å². The molecule has 0 bridgehead atoms. The van der Waals surface area contributed by atoms with Crippen molar-refractivity contribution in [1.29, 1.82) is 0 Å². The maximum Gasteiger partial charge on any atom is 0.192 e. The van der Waals surface area contributed by atoms with Crippen LogP contribution in [0.4, 0.5) is 0 Å². The second kappa shape index (κ2) is 7.81. The van der Waals surface area contributed by atoms with Gasteiger partial charge in [0.2, 0.25) is 0 Å². The highest BCUT2D eigenvalue weighted by Gasteiger charge is 2.12. The van der Waals surface area contributed by atoms with E-state index in [9.17, 15) is 0 Å². The summed E-state index contributed by atoms with van der Waals surface area (Å²) in [6.45, 7) is 16.5. The Kier molecular flexibility index (Phi) is 6.39. The largest absolute Gasteiger partial charge is 0.355 e. The molecule has 1 aromatic rings. The van der Waals surface area contributed by atoms with E-state index in [1.54, 1.807) is 6.33 Å². The van der Waals surface area contributed by atoms with Gasteiger partial charge in [-0.15, -0.1) is 10.2 Å². The van der Waals surface area contributed by atoms with Crippen molar-refractivity contribution in [3.63, 3.8) is 0 Å².